The van der Waals surface area contributed by atoms with E-state index in [4.69, 9.17) is 10.8 Å². The fraction of sp³-hybridized carbons (Fsp3) is 0. The van der Waals surface area contributed by atoms with E-state index in [0.29, 0.717) is 5.69 Å². The third kappa shape index (κ3) is 1.41. The Balaban J connectivity index is 2.48. The van der Waals surface area contributed by atoms with Crippen LogP contribution in [0.25, 0.3) is 21.5 Å². The van der Waals surface area contributed by atoms with Gasteiger partial charge < -0.3 is 10.8 Å². The van der Waals surface area contributed by atoms with E-state index in [9.17, 15) is 4.79 Å². The van der Waals surface area contributed by atoms with E-state index in [1.807, 2.05) is 42.5 Å². The quantitative estimate of drug-likeness (QED) is 0.504. The Morgan fingerprint density at radius 1 is 0.889 bits per heavy atom. The molecular formula is C15H11NO2. The molecule has 0 radical (unpaired) electrons. The number of benzene rings is 3. The lowest BCUT2D eigenvalue weighted by Crippen LogP contribution is -2.02. The van der Waals surface area contributed by atoms with E-state index in [1.54, 1.807) is 6.07 Å². The van der Waals surface area contributed by atoms with Crippen LogP contribution < -0.4 is 5.73 Å². The van der Waals surface area contributed by atoms with Crippen LogP contribution in [0.3, 0.4) is 0 Å². The minimum absolute atomic E-state index is 0.151. The van der Waals surface area contributed by atoms with E-state index in [-0.39, 0.29) is 5.56 Å². The highest BCUT2D eigenvalue weighted by Gasteiger charge is 2.11. The van der Waals surface area contributed by atoms with E-state index in [2.05, 4.69) is 0 Å². The third-order valence-electron chi connectivity index (χ3n) is 3.20. The van der Waals surface area contributed by atoms with Gasteiger partial charge >= 0.3 is 5.97 Å². The van der Waals surface area contributed by atoms with Crippen LogP contribution >= 0.6 is 0 Å². The van der Waals surface area contributed by atoms with Crippen molar-refractivity contribution in [3.05, 3.63) is 54.1 Å². The molecule has 18 heavy (non-hydrogen) atoms. The molecule has 3 aromatic rings. The number of rotatable bonds is 1. The van der Waals surface area contributed by atoms with E-state index < -0.39 is 5.97 Å². The first-order valence-corrected chi connectivity index (χ1v) is 5.62. The normalized spacial score (nSPS) is 10.9. The molecule has 3 N–H and O–H groups in total. The molecule has 0 aromatic heterocycles. The number of carbonyl (C=O) groups is 1. The van der Waals surface area contributed by atoms with Gasteiger partial charge in [-0.1, -0.05) is 42.5 Å². The molecule has 0 amide bonds. The minimum atomic E-state index is -0.998. The molecule has 0 fully saturated rings. The number of carboxylic acids is 1. The van der Waals surface area contributed by atoms with Gasteiger partial charge in [0.1, 0.15) is 0 Å². The SMILES string of the molecule is Nc1c(C(=O)O)ccc2c1ccc1ccccc12. The van der Waals surface area contributed by atoms with Crippen molar-refractivity contribution in [1.29, 1.82) is 0 Å². The monoisotopic (exact) mass is 237 g/mol. The van der Waals surface area contributed by atoms with Gasteiger partial charge in [-0.25, -0.2) is 4.79 Å². The lowest BCUT2D eigenvalue weighted by Gasteiger charge is -2.08. The number of hydrogen-bond donors (Lipinski definition) is 2. The first-order valence-electron chi connectivity index (χ1n) is 5.62. The van der Waals surface area contributed by atoms with E-state index in [0.717, 1.165) is 21.5 Å². The minimum Gasteiger partial charge on any atom is -0.478 e. The Kier molecular flexibility index (Phi) is 2.20. The summed E-state index contributed by atoms with van der Waals surface area (Å²) in [4.78, 5) is 11.0. The maximum absolute atomic E-state index is 11.0. The van der Waals surface area contributed by atoms with Gasteiger partial charge in [-0.3, -0.25) is 0 Å². The smallest absolute Gasteiger partial charge is 0.337 e. The van der Waals surface area contributed by atoms with Gasteiger partial charge in [-0.2, -0.15) is 0 Å². The van der Waals surface area contributed by atoms with Crippen LogP contribution in [0.2, 0.25) is 0 Å². The fourth-order valence-electron chi connectivity index (χ4n) is 2.30. The average molecular weight is 237 g/mol. The molecule has 3 nitrogen and oxygen atoms in total. The van der Waals surface area contributed by atoms with Crippen LogP contribution in [0.5, 0.6) is 0 Å². The van der Waals surface area contributed by atoms with Crippen LogP contribution in [-0.4, -0.2) is 11.1 Å². The van der Waals surface area contributed by atoms with Gasteiger partial charge in [-0.05, 0) is 22.2 Å². The molecule has 3 rings (SSSR count). The second-order valence-corrected chi connectivity index (χ2v) is 4.21. The number of anilines is 1. The summed E-state index contributed by atoms with van der Waals surface area (Å²) >= 11 is 0. The number of carboxylic acid groups (broad SMARTS) is 1. The highest BCUT2D eigenvalue weighted by Crippen LogP contribution is 2.30. The second-order valence-electron chi connectivity index (χ2n) is 4.21. The number of aromatic carboxylic acids is 1. The summed E-state index contributed by atoms with van der Waals surface area (Å²) in [6.45, 7) is 0. The van der Waals surface area contributed by atoms with Gasteiger partial charge in [0.2, 0.25) is 0 Å². The van der Waals surface area contributed by atoms with Crippen molar-refractivity contribution >= 4 is 33.2 Å². The Morgan fingerprint density at radius 2 is 1.61 bits per heavy atom. The van der Waals surface area contributed by atoms with E-state index >= 15 is 0 Å². The molecule has 0 aliphatic carbocycles. The van der Waals surface area contributed by atoms with Crippen molar-refractivity contribution in [2.75, 3.05) is 5.73 Å². The van der Waals surface area contributed by atoms with Crippen molar-refractivity contribution in [3.8, 4) is 0 Å². The lowest BCUT2D eigenvalue weighted by molar-refractivity contribution is 0.0698. The number of nitrogen functional groups attached to an aromatic ring is 1. The molecule has 88 valence electrons. The maximum atomic E-state index is 11.0. The highest BCUT2D eigenvalue weighted by atomic mass is 16.4. The predicted molar refractivity (Wildman–Crippen MR) is 72.8 cm³/mol. The Morgan fingerprint density at radius 3 is 2.39 bits per heavy atom. The van der Waals surface area contributed by atoms with Crippen molar-refractivity contribution in [2.45, 2.75) is 0 Å². The molecule has 0 aliphatic rings. The van der Waals surface area contributed by atoms with Gasteiger partial charge in [-0.15, -0.1) is 0 Å². The van der Waals surface area contributed by atoms with Crippen molar-refractivity contribution in [1.82, 2.24) is 0 Å². The summed E-state index contributed by atoms with van der Waals surface area (Å²) in [5.74, 6) is -0.998. The van der Waals surface area contributed by atoms with Gasteiger partial charge in [0, 0.05) is 5.39 Å². The summed E-state index contributed by atoms with van der Waals surface area (Å²) in [6.07, 6.45) is 0. The third-order valence-corrected chi connectivity index (χ3v) is 3.20. The molecule has 0 aliphatic heterocycles. The molecule has 0 heterocycles. The van der Waals surface area contributed by atoms with Crippen molar-refractivity contribution in [2.24, 2.45) is 0 Å². The summed E-state index contributed by atoms with van der Waals surface area (Å²) < 4.78 is 0. The lowest BCUT2D eigenvalue weighted by atomic mass is 9.98. The zero-order chi connectivity index (χ0) is 12.7. The zero-order valence-electron chi connectivity index (χ0n) is 9.55. The van der Waals surface area contributed by atoms with Crippen LogP contribution in [0.15, 0.2) is 48.5 Å². The molecule has 0 bridgehead atoms. The first kappa shape index (κ1) is 10.6. The molecule has 0 unspecified atom stereocenters. The van der Waals surface area contributed by atoms with Gasteiger partial charge in [0.25, 0.3) is 0 Å². The molecule has 3 heteroatoms. The summed E-state index contributed by atoms with van der Waals surface area (Å²) in [6, 6.07) is 15.2. The highest BCUT2D eigenvalue weighted by molar-refractivity contribution is 6.14. The van der Waals surface area contributed by atoms with Crippen LogP contribution in [-0.2, 0) is 0 Å². The molecule has 0 atom stereocenters. The topological polar surface area (TPSA) is 63.3 Å². The van der Waals surface area contributed by atoms with E-state index in [1.165, 1.54) is 0 Å². The van der Waals surface area contributed by atoms with Crippen LogP contribution in [0.4, 0.5) is 5.69 Å². The van der Waals surface area contributed by atoms with Crippen molar-refractivity contribution in [3.63, 3.8) is 0 Å². The Bertz CT molecular complexity index is 778. The summed E-state index contributed by atoms with van der Waals surface area (Å²) in [7, 11) is 0. The van der Waals surface area contributed by atoms with Gasteiger partial charge in [0.15, 0.2) is 0 Å². The standard InChI is InChI=1S/C15H11NO2/c16-14-12-6-5-9-3-1-2-4-10(9)11(12)7-8-13(14)15(17)18/h1-8H,16H2,(H,17,18). The Hall–Kier alpha value is -2.55. The number of fused-ring (bicyclic) bond motifs is 3. The van der Waals surface area contributed by atoms with Gasteiger partial charge in [0.05, 0.1) is 11.3 Å². The molecule has 0 saturated carbocycles. The molecule has 3 aromatic carbocycles. The maximum Gasteiger partial charge on any atom is 0.337 e. The summed E-state index contributed by atoms with van der Waals surface area (Å²) in [5, 5.41) is 13.0. The molecule has 0 saturated heterocycles. The Labute approximate surface area is 103 Å². The van der Waals surface area contributed by atoms with Crippen LogP contribution in [0.1, 0.15) is 10.4 Å². The molecular weight excluding hydrogens is 226 g/mol. The summed E-state index contributed by atoms with van der Waals surface area (Å²) in [5.41, 5.74) is 6.41. The van der Waals surface area contributed by atoms with Crippen LogP contribution in [0, 0.1) is 0 Å². The molecule has 0 spiro atoms. The fourth-order valence-corrected chi connectivity index (χ4v) is 2.30. The number of hydrogen-bond acceptors (Lipinski definition) is 2. The average Bonchev–Trinajstić information content (AvgIpc) is 2.38. The second kappa shape index (κ2) is 3.74. The largest absolute Gasteiger partial charge is 0.478 e. The predicted octanol–water partition coefficient (Wildman–Crippen LogP) is 3.27. The first-order chi connectivity index (χ1) is 8.68. The van der Waals surface area contributed by atoms with Crippen molar-refractivity contribution < 1.29 is 9.90 Å². The number of nitrogens with two attached hydrogens (primary N) is 1. The zero-order valence-corrected chi connectivity index (χ0v) is 9.55.